The summed E-state index contributed by atoms with van der Waals surface area (Å²) < 4.78 is 12.3. The van der Waals surface area contributed by atoms with E-state index in [2.05, 4.69) is 5.32 Å². The van der Waals surface area contributed by atoms with Crippen molar-refractivity contribution >= 4 is 22.8 Å². The summed E-state index contributed by atoms with van der Waals surface area (Å²) in [4.78, 5) is 35.8. The molecule has 2 heterocycles. The lowest BCUT2D eigenvalue weighted by Gasteiger charge is -2.13. The minimum absolute atomic E-state index is 0.0788. The minimum atomic E-state index is -1.18. The average Bonchev–Trinajstić information content (AvgIpc) is 3.01. The molecule has 8 nitrogen and oxygen atoms in total. The standard InChI is InChI=1S/C16H16N2O6/c1-3-18-6-10(15(20)17-8(2)16(21)22)14(19)9-4-12-13(5-11(9)18)24-7-23-12/h4-6,8H,3,7H2,1-2H3,(H,17,20)(H,21,22)/t8-/m0/s1. The van der Waals surface area contributed by atoms with E-state index in [1.165, 1.54) is 13.1 Å². The van der Waals surface area contributed by atoms with E-state index < -0.39 is 23.3 Å². The molecule has 0 unspecified atom stereocenters. The molecular formula is C16H16N2O6. The normalized spacial score (nSPS) is 13.8. The summed E-state index contributed by atoms with van der Waals surface area (Å²) in [6, 6.07) is 2.15. The van der Waals surface area contributed by atoms with Crippen molar-refractivity contribution in [2.45, 2.75) is 26.4 Å². The summed E-state index contributed by atoms with van der Waals surface area (Å²) in [6.07, 6.45) is 1.43. The first kappa shape index (κ1) is 15.9. The molecule has 0 bridgehead atoms. The van der Waals surface area contributed by atoms with Gasteiger partial charge < -0.3 is 24.5 Å². The number of carboxylic acids is 1. The number of rotatable bonds is 4. The number of carboxylic acid groups (broad SMARTS) is 1. The Kier molecular flexibility index (Phi) is 3.88. The summed E-state index contributed by atoms with van der Waals surface area (Å²) in [7, 11) is 0. The van der Waals surface area contributed by atoms with Gasteiger partial charge in [-0.3, -0.25) is 14.4 Å². The fraction of sp³-hybridized carbons (Fsp3) is 0.312. The lowest BCUT2D eigenvalue weighted by molar-refractivity contribution is -0.138. The Morgan fingerprint density at radius 2 is 2.00 bits per heavy atom. The van der Waals surface area contributed by atoms with Crippen LogP contribution in [0.2, 0.25) is 0 Å². The molecule has 3 rings (SSSR count). The van der Waals surface area contributed by atoms with Crippen molar-refractivity contribution in [1.82, 2.24) is 9.88 Å². The first-order valence-corrected chi connectivity index (χ1v) is 7.42. The summed E-state index contributed by atoms with van der Waals surface area (Å²) >= 11 is 0. The van der Waals surface area contributed by atoms with Gasteiger partial charge in [0, 0.05) is 18.8 Å². The Labute approximate surface area is 136 Å². The Morgan fingerprint density at radius 3 is 2.62 bits per heavy atom. The summed E-state index contributed by atoms with van der Waals surface area (Å²) in [5, 5.41) is 11.5. The number of ether oxygens (including phenoxy) is 2. The highest BCUT2D eigenvalue weighted by Gasteiger charge is 2.22. The molecule has 1 aromatic carbocycles. The Balaban J connectivity index is 2.14. The summed E-state index contributed by atoms with van der Waals surface area (Å²) in [6.45, 7) is 3.80. The first-order chi connectivity index (χ1) is 11.4. The van der Waals surface area contributed by atoms with Gasteiger partial charge in [0.05, 0.1) is 10.9 Å². The van der Waals surface area contributed by atoms with E-state index in [0.717, 1.165) is 0 Å². The third-order valence-electron chi connectivity index (χ3n) is 3.88. The highest BCUT2D eigenvalue weighted by molar-refractivity contribution is 5.99. The number of carbonyl (C=O) groups is 2. The molecule has 126 valence electrons. The van der Waals surface area contributed by atoms with Crippen LogP contribution in [0.25, 0.3) is 10.9 Å². The Hall–Kier alpha value is -3.03. The van der Waals surface area contributed by atoms with E-state index in [-0.39, 0.29) is 12.4 Å². The highest BCUT2D eigenvalue weighted by Crippen LogP contribution is 2.35. The predicted octanol–water partition coefficient (Wildman–Crippen LogP) is 0.953. The third-order valence-corrected chi connectivity index (χ3v) is 3.88. The smallest absolute Gasteiger partial charge is 0.325 e. The van der Waals surface area contributed by atoms with Gasteiger partial charge in [-0.1, -0.05) is 0 Å². The van der Waals surface area contributed by atoms with Crippen LogP contribution in [-0.2, 0) is 11.3 Å². The molecule has 1 aliphatic rings. The predicted molar refractivity (Wildman–Crippen MR) is 84.6 cm³/mol. The van der Waals surface area contributed by atoms with E-state index in [9.17, 15) is 14.4 Å². The monoisotopic (exact) mass is 332 g/mol. The Morgan fingerprint density at radius 1 is 1.33 bits per heavy atom. The second-order valence-corrected chi connectivity index (χ2v) is 5.41. The van der Waals surface area contributed by atoms with Gasteiger partial charge in [-0.25, -0.2) is 0 Å². The van der Waals surface area contributed by atoms with E-state index in [1.54, 1.807) is 16.7 Å². The van der Waals surface area contributed by atoms with Crippen LogP contribution in [0.5, 0.6) is 11.5 Å². The van der Waals surface area contributed by atoms with Crippen molar-refractivity contribution < 1.29 is 24.2 Å². The molecule has 1 aliphatic heterocycles. The van der Waals surface area contributed by atoms with Crippen molar-refractivity contribution in [1.29, 1.82) is 0 Å². The largest absolute Gasteiger partial charge is 0.480 e. The molecule has 2 N–H and O–H groups in total. The molecule has 0 radical (unpaired) electrons. The summed E-state index contributed by atoms with van der Waals surface area (Å²) in [5.74, 6) is -0.917. The number of benzene rings is 1. The number of aliphatic carboxylic acids is 1. The molecular weight excluding hydrogens is 316 g/mol. The van der Waals surface area contributed by atoms with E-state index in [4.69, 9.17) is 14.6 Å². The number of nitrogens with one attached hydrogen (secondary N) is 1. The number of nitrogens with zero attached hydrogens (tertiary/aromatic N) is 1. The number of aromatic nitrogens is 1. The third kappa shape index (κ3) is 2.55. The fourth-order valence-corrected chi connectivity index (χ4v) is 2.54. The number of amides is 1. The topological polar surface area (TPSA) is 107 Å². The summed E-state index contributed by atoms with van der Waals surface area (Å²) in [5.41, 5.74) is 0.0222. The van der Waals surface area contributed by atoms with Gasteiger partial charge in [0.1, 0.15) is 11.6 Å². The van der Waals surface area contributed by atoms with Gasteiger partial charge in [-0.05, 0) is 19.9 Å². The first-order valence-electron chi connectivity index (χ1n) is 7.42. The molecule has 0 saturated heterocycles. The zero-order valence-corrected chi connectivity index (χ0v) is 13.2. The number of hydrogen-bond donors (Lipinski definition) is 2. The SMILES string of the molecule is CCn1cc(C(=O)N[C@@H](C)C(=O)O)c(=O)c2cc3c(cc21)OCO3. The quantitative estimate of drug-likeness (QED) is 0.863. The molecule has 8 heteroatoms. The van der Waals surface area contributed by atoms with Crippen LogP contribution in [0, 0.1) is 0 Å². The molecule has 0 aliphatic carbocycles. The lowest BCUT2D eigenvalue weighted by Crippen LogP contribution is -2.40. The van der Waals surface area contributed by atoms with Gasteiger partial charge >= 0.3 is 5.97 Å². The maximum atomic E-state index is 12.7. The molecule has 1 amide bonds. The number of fused-ring (bicyclic) bond motifs is 2. The van der Waals surface area contributed by atoms with Crippen molar-refractivity contribution in [3.05, 3.63) is 34.1 Å². The van der Waals surface area contributed by atoms with Gasteiger partial charge in [0.15, 0.2) is 11.5 Å². The second-order valence-electron chi connectivity index (χ2n) is 5.41. The number of carbonyl (C=O) groups excluding carboxylic acids is 1. The zero-order valence-electron chi connectivity index (χ0n) is 13.2. The van der Waals surface area contributed by atoms with Crippen LogP contribution < -0.4 is 20.2 Å². The van der Waals surface area contributed by atoms with Crippen LogP contribution in [-0.4, -0.2) is 34.4 Å². The van der Waals surface area contributed by atoms with Crippen molar-refractivity contribution in [2.75, 3.05) is 6.79 Å². The van der Waals surface area contributed by atoms with E-state index >= 15 is 0 Å². The van der Waals surface area contributed by atoms with Crippen molar-refractivity contribution in [3.8, 4) is 11.5 Å². The average molecular weight is 332 g/mol. The van der Waals surface area contributed by atoms with Gasteiger partial charge in [-0.2, -0.15) is 0 Å². The van der Waals surface area contributed by atoms with Crippen LogP contribution in [0.15, 0.2) is 23.1 Å². The van der Waals surface area contributed by atoms with Crippen LogP contribution in [0.1, 0.15) is 24.2 Å². The maximum Gasteiger partial charge on any atom is 0.325 e. The number of aryl methyl sites for hydroxylation is 1. The minimum Gasteiger partial charge on any atom is -0.480 e. The zero-order chi connectivity index (χ0) is 17.4. The molecule has 1 aromatic heterocycles. The maximum absolute atomic E-state index is 12.7. The second kappa shape index (κ2) is 5.88. The van der Waals surface area contributed by atoms with E-state index in [1.807, 2.05) is 6.92 Å². The molecule has 24 heavy (non-hydrogen) atoms. The van der Waals surface area contributed by atoms with Gasteiger partial charge in [-0.15, -0.1) is 0 Å². The van der Waals surface area contributed by atoms with Crippen molar-refractivity contribution in [2.24, 2.45) is 0 Å². The molecule has 1 atom stereocenters. The fourth-order valence-electron chi connectivity index (χ4n) is 2.54. The molecule has 0 fully saturated rings. The molecule has 2 aromatic rings. The number of pyridine rings is 1. The van der Waals surface area contributed by atoms with Crippen LogP contribution in [0.4, 0.5) is 0 Å². The van der Waals surface area contributed by atoms with Crippen LogP contribution in [0.3, 0.4) is 0 Å². The lowest BCUT2D eigenvalue weighted by atomic mass is 10.1. The van der Waals surface area contributed by atoms with E-state index in [0.29, 0.717) is 28.9 Å². The van der Waals surface area contributed by atoms with Crippen molar-refractivity contribution in [3.63, 3.8) is 0 Å². The Bertz CT molecular complexity index is 902. The van der Waals surface area contributed by atoms with Crippen LogP contribution >= 0.6 is 0 Å². The number of hydrogen-bond acceptors (Lipinski definition) is 5. The molecule has 0 saturated carbocycles. The highest BCUT2D eigenvalue weighted by atomic mass is 16.7. The van der Waals surface area contributed by atoms with Gasteiger partial charge in [0.25, 0.3) is 5.91 Å². The molecule has 0 spiro atoms. The van der Waals surface area contributed by atoms with Gasteiger partial charge in [0.2, 0.25) is 12.2 Å².